The summed E-state index contributed by atoms with van der Waals surface area (Å²) in [7, 11) is 1.71. The van der Waals surface area contributed by atoms with Crippen molar-refractivity contribution in [2.45, 2.75) is 51.1 Å². The number of rotatable bonds is 7. The molecule has 0 radical (unpaired) electrons. The fraction of sp³-hybridized carbons (Fsp3) is 0.400. The number of nitrogens with one attached hydrogen (secondary N) is 1. The third kappa shape index (κ3) is 3.70. The van der Waals surface area contributed by atoms with E-state index in [2.05, 4.69) is 61.9 Å². The zero-order valence-corrected chi connectivity index (χ0v) is 17.8. The molecule has 0 spiro atoms. The molecular formula is C25H32N4O+2. The van der Waals surface area contributed by atoms with Gasteiger partial charge in [-0.1, -0.05) is 18.6 Å². The second-order valence-corrected chi connectivity index (χ2v) is 8.51. The molecular weight excluding hydrogens is 372 g/mol. The Kier molecular flexibility index (Phi) is 5.45. The van der Waals surface area contributed by atoms with Gasteiger partial charge in [0.05, 0.1) is 26.2 Å². The zero-order valence-electron chi connectivity index (χ0n) is 17.8. The molecule has 4 aromatic rings. The largest absolute Gasteiger partial charge is 0.497 e. The molecule has 0 aliphatic heterocycles. The quantitative estimate of drug-likeness (QED) is 0.358. The van der Waals surface area contributed by atoms with Crippen molar-refractivity contribution in [3.05, 3.63) is 54.7 Å². The van der Waals surface area contributed by atoms with Gasteiger partial charge in [0.2, 0.25) is 0 Å². The molecule has 1 aliphatic carbocycles. The number of fused-ring (bicyclic) bond motifs is 3. The smallest absolute Gasteiger partial charge is 0.368 e. The molecule has 0 unspecified atom stereocenters. The highest BCUT2D eigenvalue weighted by molar-refractivity contribution is 5.74. The monoisotopic (exact) mass is 404 g/mol. The molecule has 1 saturated carbocycles. The van der Waals surface area contributed by atoms with E-state index in [-0.39, 0.29) is 0 Å². The summed E-state index contributed by atoms with van der Waals surface area (Å²) >= 11 is 0. The van der Waals surface area contributed by atoms with Gasteiger partial charge in [0.1, 0.15) is 28.7 Å². The number of benzene rings is 2. The number of methoxy groups -OCH3 is 1. The van der Waals surface area contributed by atoms with Crippen LogP contribution in [0.25, 0.3) is 28.1 Å². The second kappa shape index (κ2) is 8.52. The number of ether oxygens (including phenoxy) is 1. The summed E-state index contributed by atoms with van der Waals surface area (Å²) in [5, 5.41) is 2.59. The molecule has 1 fully saturated rings. The summed E-state index contributed by atoms with van der Waals surface area (Å²) < 4.78 is 10.1. The van der Waals surface area contributed by atoms with E-state index >= 15 is 0 Å². The van der Waals surface area contributed by atoms with Crippen LogP contribution < -0.4 is 14.5 Å². The third-order valence-corrected chi connectivity index (χ3v) is 6.56. The minimum atomic E-state index is 0.840. The minimum absolute atomic E-state index is 0.840. The van der Waals surface area contributed by atoms with Gasteiger partial charge in [0, 0.05) is 12.0 Å². The molecule has 2 heterocycles. The van der Waals surface area contributed by atoms with Gasteiger partial charge in [-0.3, -0.25) is 0 Å². The van der Waals surface area contributed by atoms with E-state index in [1.54, 1.807) is 7.11 Å². The van der Waals surface area contributed by atoms with Crippen LogP contribution in [0.3, 0.4) is 0 Å². The number of H-pyrrole nitrogens is 1. The van der Waals surface area contributed by atoms with Gasteiger partial charge in [-0.25, -0.2) is 9.55 Å². The maximum atomic E-state index is 5.35. The van der Waals surface area contributed by atoms with Crippen molar-refractivity contribution >= 4 is 16.8 Å². The first kappa shape index (κ1) is 19.2. The van der Waals surface area contributed by atoms with E-state index in [4.69, 9.17) is 4.74 Å². The van der Waals surface area contributed by atoms with Crippen molar-refractivity contribution in [3.63, 3.8) is 0 Å². The van der Waals surface area contributed by atoms with Crippen LogP contribution in [0.4, 0.5) is 0 Å². The topological polar surface area (TPSA) is 50.7 Å². The van der Waals surface area contributed by atoms with Crippen LogP contribution in [-0.4, -0.2) is 29.2 Å². The Morgan fingerprint density at radius 3 is 2.67 bits per heavy atom. The van der Waals surface area contributed by atoms with E-state index in [0.717, 1.165) is 24.1 Å². The fourth-order valence-corrected chi connectivity index (χ4v) is 4.91. The Bertz CT molecular complexity index is 1120. The summed E-state index contributed by atoms with van der Waals surface area (Å²) in [6, 6.07) is 17.8. The maximum Gasteiger partial charge on any atom is 0.368 e. The third-order valence-electron chi connectivity index (χ3n) is 6.56. The van der Waals surface area contributed by atoms with Crippen LogP contribution in [0.2, 0.25) is 0 Å². The second-order valence-electron chi connectivity index (χ2n) is 8.51. The highest BCUT2D eigenvalue weighted by atomic mass is 16.5. The lowest BCUT2D eigenvalue weighted by molar-refractivity contribution is -0.692. The molecule has 30 heavy (non-hydrogen) atoms. The van der Waals surface area contributed by atoms with E-state index < -0.39 is 0 Å². The van der Waals surface area contributed by atoms with Gasteiger partial charge in [-0.2, -0.15) is 4.40 Å². The lowest BCUT2D eigenvalue weighted by atomic mass is 9.95. The Labute approximate surface area is 177 Å². The first-order valence-electron chi connectivity index (χ1n) is 11.3. The predicted molar refractivity (Wildman–Crippen MR) is 120 cm³/mol. The van der Waals surface area contributed by atoms with Gasteiger partial charge < -0.3 is 10.1 Å². The predicted octanol–water partition coefficient (Wildman–Crippen LogP) is 3.67. The van der Waals surface area contributed by atoms with Crippen LogP contribution in [0.1, 0.15) is 38.5 Å². The first-order chi connectivity index (χ1) is 14.8. The Morgan fingerprint density at radius 1 is 1.07 bits per heavy atom. The van der Waals surface area contributed by atoms with Crippen LogP contribution in [0, 0.1) is 0 Å². The first-order valence-corrected chi connectivity index (χ1v) is 11.3. The zero-order chi connectivity index (χ0) is 20.3. The van der Waals surface area contributed by atoms with Crippen molar-refractivity contribution in [3.8, 4) is 17.0 Å². The molecule has 2 aromatic carbocycles. The molecule has 2 aromatic heterocycles. The maximum absolute atomic E-state index is 5.35. The van der Waals surface area contributed by atoms with Crippen LogP contribution in [0.5, 0.6) is 5.75 Å². The standard InChI is InChI=1S/C25H30N4O/c1-30-21-14-12-19(13-15-21)24-18-29-23-11-6-5-10-22(23)27-25(29)28(24)17-7-16-26-20-8-3-2-4-9-20/h5-6,10-15,18,20,26H,2-4,7-9,16-17H2,1H3/p+2. The number of imidazole rings is 2. The van der Waals surface area contributed by atoms with Gasteiger partial charge in [-0.05, 0) is 62.1 Å². The minimum Gasteiger partial charge on any atom is -0.497 e. The molecule has 1 aliphatic rings. The molecule has 3 N–H and O–H groups in total. The lowest BCUT2D eigenvalue weighted by Gasteiger charge is -2.19. The number of nitrogens with two attached hydrogens (primary N) is 1. The number of aromatic nitrogens is 3. The van der Waals surface area contributed by atoms with Crippen molar-refractivity contribution in [2.75, 3.05) is 13.7 Å². The van der Waals surface area contributed by atoms with Gasteiger partial charge in [0.15, 0.2) is 0 Å². The van der Waals surface area contributed by atoms with Crippen molar-refractivity contribution < 1.29 is 14.5 Å². The van der Waals surface area contributed by atoms with Gasteiger partial charge >= 0.3 is 5.78 Å². The highest BCUT2D eigenvalue weighted by Crippen LogP contribution is 2.25. The molecule has 5 heteroatoms. The van der Waals surface area contributed by atoms with Crippen LogP contribution in [-0.2, 0) is 6.54 Å². The SMILES string of the molecule is COc1ccc(-c2c[n+]3c4ccccc4[nH]c3n2CCC[NH2+]C2CCCCC2)cc1. The average molecular weight is 405 g/mol. The lowest BCUT2D eigenvalue weighted by Crippen LogP contribution is -2.90. The summed E-state index contributed by atoms with van der Waals surface area (Å²) in [6.07, 6.45) is 10.5. The average Bonchev–Trinajstić information content (AvgIpc) is 3.34. The molecule has 0 bridgehead atoms. The van der Waals surface area contributed by atoms with Crippen LogP contribution >= 0.6 is 0 Å². The summed E-state index contributed by atoms with van der Waals surface area (Å²) in [4.78, 5) is 3.64. The molecule has 5 nitrogen and oxygen atoms in total. The van der Waals surface area contributed by atoms with E-state index in [1.807, 2.05) is 12.1 Å². The molecule has 156 valence electrons. The van der Waals surface area contributed by atoms with Crippen LogP contribution in [0.15, 0.2) is 54.7 Å². The summed E-state index contributed by atoms with van der Waals surface area (Å²) in [6.45, 7) is 2.20. The summed E-state index contributed by atoms with van der Waals surface area (Å²) in [5.41, 5.74) is 4.85. The van der Waals surface area contributed by atoms with Gasteiger partial charge in [-0.15, -0.1) is 0 Å². The Balaban J connectivity index is 1.43. The van der Waals surface area contributed by atoms with Crippen molar-refractivity contribution in [2.24, 2.45) is 0 Å². The van der Waals surface area contributed by atoms with E-state index in [0.29, 0.717) is 0 Å². The normalized spacial score (nSPS) is 15.2. The number of hydrogen-bond acceptors (Lipinski definition) is 1. The number of hydrogen-bond donors (Lipinski definition) is 2. The molecule has 5 rings (SSSR count). The highest BCUT2D eigenvalue weighted by Gasteiger charge is 2.22. The van der Waals surface area contributed by atoms with Gasteiger partial charge in [0.25, 0.3) is 0 Å². The van der Waals surface area contributed by atoms with E-state index in [1.165, 1.54) is 67.4 Å². The number of aryl methyl sites for hydroxylation is 1. The number of quaternary nitrogens is 1. The number of para-hydroxylation sites is 2. The number of aromatic amines is 1. The van der Waals surface area contributed by atoms with E-state index in [9.17, 15) is 0 Å². The molecule has 0 saturated heterocycles. The molecule has 0 atom stereocenters. The Hall–Kier alpha value is -2.79. The fourth-order valence-electron chi connectivity index (χ4n) is 4.91. The number of nitrogens with zero attached hydrogens (tertiary/aromatic N) is 2. The van der Waals surface area contributed by atoms with Crippen molar-refractivity contribution in [1.82, 2.24) is 9.55 Å². The van der Waals surface area contributed by atoms with Crippen molar-refractivity contribution in [1.29, 1.82) is 0 Å². The molecule has 0 amide bonds. The summed E-state index contributed by atoms with van der Waals surface area (Å²) in [5.74, 6) is 2.04. The Morgan fingerprint density at radius 2 is 1.87 bits per heavy atom.